The van der Waals surface area contributed by atoms with Crippen LogP contribution in [0.2, 0.25) is 10.0 Å². The third kappa shape index (κ3) is 4.32. The molecule has 0 radical (unpaired) electrons. The van der Waals surface area contributed by atoms with Crippen LogP contribution in [0.3, 0.4) is 0 Å². The van der Waals surface area contributed by atoms with Gasteiger partial charge in [0.05, 0.1) is 15.8 Å². The van der Waals surface area contributed by atoms with Crippen LogP contribution in [0.1, 0.15) is 34.8 Å². The van der Waals surface area contributed by atoms with Crippen LogP contribution in [0.15, 0.2) is 35.5 Å². The maximum absolute atomic E-state index is 14.3. The lowest BCUT2D eigenvalue weighted by atomic mass is 9.83. The van der Waals surface area contributed by atoms with Crippen molar-refractivity contribution in [3.63, 3.8) is 0 Å². The molecule has 3 heterocycles. The molecule has 2 atom stereocenters. The molecule has 2 aromatic rings. The summed E-state index contributed by atoms with van der Waals surface area (Å²) in [6, 6.07) is 6.20. The van der Waals surface area contributed by atoms with Gasteiger partial charge in [0.15, 0.2) is 21.4 Å². The minimum atomic E-state index is -4.99. The minimum absolute atomic E-state index is 0.0984. The molecule has 0 amide bonds. The highest BCUT2D eigenvalue weighted by molar-refractivity contribution is 7.91. The van der Waals surface area contributed by atoms with E-state index in [1.54, 1.807) is 6.07 Å². The number of carbonyl (C=O) groups excluding carboxylic acids is 1. The zero-order chi connectivity index (χ0) is 27.0. The Morgan fingerprint density at radius 3 is 2.38 bits per heavy atom. The van der Waals surface area contributed by atoms with E-state index in [0.29, 0.717) is 24.2 Å². The smallest absolute Gasteiger partial charge is 0.374 e. The van der Waals surface area contributed by atoms with E-state index in [0.717, 1.165) is 18.4 Å². The van der Waals surface area contributed by atoms with E-state index in [1.807, 2.05) is 0 Å². The van der Waals surface area contributed by atoms with E-state index >= 15 is 0 Å². The fraction of sp³-hybridized carbons (Fsp3) is 0.391. The van der Waals surface area contributed by atoms with Crippen LogP contribution in [0.4, 0.5) is 17.6 Å². The molecule has 3 aliphatic heterocycles. The zero-order valence-electron chi connectivity index (χ0n) is 19.0. The molecular formula is C23H18Cl2F4N2O5S. The number of nitrogens with zero attached hydrogens (tertiary/aromatic N) is 1. The average Bonchev–Trinajstić information content (AvgIpc) is 3.36. The van der Waals surface area contributed by atoms with Crippen molar-refractivity contribution in [2.45, 2.75) is 29.9 Å². The Kier molecular flexibility index (Phi) is 6.15. The third-order valence-electron chi connectivity index (χ3n) is 6.66. The molecule has 1 fully saturated rings. The molecule has 0 aliphatic carbocycles. The monoisotopic (exact) mass is 580 g/mol. The van der Waals surface area contributed by atoms with Gasteiger partial charge in [-0.2, -0.15) is 13.2 Å². The molecule has 37 heavy (non-hydrogen) atoms. The van der Waals surface area contributed by atoms with Crippen molar-refractivity contribution in [3.05, 3.63) is 68.4 Å². The van der Waals surface area contributed by atoms with Gasteiger partial charge in [0.2, 0.25) is 0 Å². The van der Waals surface area contributed by atoms with Crippen LogP contribution in [-0.4, -0.2) is 51.2 Å². The fourth-order valence-electron chi connectivity index (χ4n) is 4.77. The lowest BCUT2D eigenvalue weighted by molar-refractivity contribution is -0.275. The predicted molar refractivity (Wildman–Crippen MR) is 126 cm³/mol. The normalized spacial score (nSPS) is 24.4. The first-order valence-corrected chi connectivity index (χ1v) is 13.7. The van der Waals surface area contributed by atoms with Crippen LogP contribution in [0.25, 0.3) is 0 Å². The first-order valence-electron chi connectivity index (χ1n) is 10.9. The Bertz CT molecular complexity index is 1440. The molecular weight excluding hydrogens is 563 g/mol. The Balaban J connectivity index is 1.53. The molecule has 1 unspecified atom stereocenters. The largest absolute Gasteiger partial charge is 0.435 e. The fourth-order valence-corrected chi connectivity index (χ4v) is 5.93. The number of hydrogen-bond donors (Lipinski definition) is 1. The van der Waals surface area contributed by atoms with Gasteiger partial charge >= 0.3 is 6.18 Å². The number of carbonyl (C=O) groups is 1. The number of Topliss-reactive ketones (excluding diaryl/α,β-unsaturated/α-hetero) is 1. The van der Waals surface area contributed by atoms with Crippen LogP contribution < -0.4 is 5.32 Å². The molecule has 5 rings (SSSR count). The summed E-state index contributed by atoms with van der Waals surface area (Å²) in [4.78, 5) is 17.8. The van der Waals surface area contributed by atoms with Crippen molar-refractivity contribution in [3.8, 4) is 0 Å². The SMILES string of the molecule is CS(=O)(=O)CC(=O)C1OC2(CNC2)c2ccc(C3=NO[C@@](c4cc(Cl)c(F)c(Cl)c4)(C(F)(F)F)C3)cc21. The zero-order valence-corrected chi connectivity index (χ0v) is 21.3. The molecule has 198 valence electrons. The summed E-state index contributed by atoms with van der Waals surface area (Å²) < 4.78 is 86.4. The van der Waals surface area contributed by atoms with E-state index in [1.165, 1.54) is 12.1 Å². The molecule has 1 saturated heterocycles. The minimum Gasteiger partial charge on any atom is -0.374 e. The Morgan fingerprint density at radius 2 is 1.84 bits per heavy atom. The number of ether oxygens (including phenoxy) is 1. The summed E-state index contributed by atoms with van der Waals surface area (Å²) in [6.45, 7) is 0.769. The van der Waals surface area contributed by atoms with Crippen molar-refractivity contribution in [1.29, 1.82) is 0 Å². The van der Waals surface area contributed by atoms with Gasteiger partial charge in [0.25, 0.3) is 5.60 Å². The summed E-state index contributed by atoms with van der Waals surface area (Å²) in [5, 5.41) is 5.53. The van der Waals surface area contributed by atoms with E-state index in [2.05, 4.69) is 10.5 Å². The number of fused-ring (bicyclic) bond motifs is 2. The van der Waals surface area contributed by atoms with Crippen molar-refractivity contribution in [1.82, 2.24) is 5.32 Å². The van der Waals surface area contributed by atoms with Gasteiger partial charge in [0, 0.05) is 31.3 Å². The van der Waals surface area contributed by atoms with Crippen molar-refractivity contribution < 1.29 is 40.3 Å². The topological polar surface area (TPSA) is 94.1 Å². The first kappa shape index (κ1) is 26.4. The molecule has 7 nitrogen and oxygen atoms in total. The van der Waals surface area contributed by atoms with Gasteiger partial charge in [-0.25, -0.2) is 12.8 Å². The van der Waals surface area contributed by atoms with Crippen LogP contribution >= 0.6 is 23.2 Å². The van der Waals surface area contributed by atoms with Gasteiger partial charge in [-0.1, -0.05) is 40.5 Å². The average molecular weight is 581 g/mol. The Labute approximate surface area is 218 Å². The molecule has 3 aliphatic rings. The number of ketones is 1. The summed E-state index contributed by atoms with van der Waals surface area (Å²) in [5.41, 5.74) is -3.23. The second-order valence-corrected chi connectivity index (χ2v) is 12.3. The molecule has 0 aromatic heterocycles. The predicted octanol–water partition coefficient (Wildman–Crippen LogP) is 4.20. The first-order chi connectivity index (χ1) is 17.2. The Morgan fingerprint density at radius 1 is 1.19 bits per heavy atom. The molecule has 0 bridgehead atoms. The number of rotatable bonds is 5. The van der Waals surface area contributed by atoms with E-state index in [9.17, 15) is 30.8 Å². The van der Waals surface area contributed by atoms with Crippen LogP contribution in [0.5, 0.6) is 0 Å². The quantitative estimate of drug-likeness (QED) is 0.421. The second kappa shape index (κ2) is 8.63. The standard InChI is InChI=1S/C23H18Cl2F4N2O5S/c1-37(33,34)8-18(32)20-13-4-11(2-3-14(13)21(35-20)9-30-10-21)17-7-22(36-31-17,23(27,28)29)12-5-15(24)19(26)16(25)6-12/h2-6,20,30H,7-10H2,1H3/t20?,22-/m0/s1. The summed E-state index contributed by atoms with van der Waals surface area (Å²) in [6.07, 6.45) is -6.06. The lowest BCUT2D eigenvalue weighted by Crippen LogP contribution is -2.57. The number of oxime groups is 1. The number of alkyl halides is 3. The van der Waals surface area contributed by atoms with Gasteiger partial charge in [-0.05, 0) is 34.9 Å². The van der Waals surface area contributed by atoms with Crippen LogP contribution in [-0.2, 0) is 35.4 Å². The third-order valence-corrected chi connectivity index (χ3v) is 8.01. The van der Waals surface area contributed by atoms with E-state index in [4.69, 9.17) is 32.8 Å². The molecule has 1 spiro atoms. The maximum atomic E-state index is 14.3. The highest BCUT2D eigenvalue weighted by atomic mass is 35.5. The number of halogens is 6. The molecule has 14 heteroatoms. The number of benzene rings is 2. The highest BCUT2D eigenvalue weighted by Crippen LogP contribution is 2.51. The van der Waals surface area contributed by atoms with Gasteiger partial charge in [-0.15, -0.1) is 0 Å². The summed E-state index contributed by atoms with van der Waals surface area (Å²) in [5.74, 6) is -2.50. The summed E-state index contributed by atoms with van der Waals surface area (Å²) >= 11 is 11.5. The van der Waals surface area contributed by atoms with Gasteiger partial charge < -0.3 is 14.9 Å². The van der Waals surface area contributed by atoms with Crippen LogP contribution in [0, 0.1) is 5.82 Å². The van der Waals surface area contributed by atoms with Crippen molar-refractivity contribution >= 4 is 44.5 Å². The van der Waals surface area contributed by atoms with Gasteiger partial charge in [-0.3, -0.25) is 4.79 Å². The van der Waals surface area contributed by atoms with E-state index < -0.39 is 72.7 Å². The van der Waals surface area contributed by atoms with Crippen molar-refractivity contribution in [2.75, 3.05) is 25.1 Å². The number of hydrogen-bond acceptors (Lipinski definition) is 7. The second-order valence-electron chi connectivity index (χ2n) is 9.32. The molecule has 2 aromatic carbocycles. The number of sulfone groups is 1. The lowest BCUT2D eigenvalue weighted by Gasteiger charge is -2.39. The van der Waals surface area contributed by atoms with E-state index in [-0.39, 0.29) is 11.3 Å². The maximum Gasteiger partial charge on any atom is 0.435 e. The number of nitrogens with one attached hydrogen (secondary N) is 1. The molecule has 1 N–H and O–H groups in total. The Hall–Kier alpha value is -2.25. The van der Waals surface area contributed by atoms with Gasteiger partial charge in [0.1, 0.15) is 17.5 Å². The highest BCUT2D eigenvalue weighted by Gasteiger charge is 2.62. The molecule has 0 saturated carbocycles. The summed E-state index contributed by atoms with van der Waals surface area (Å²) in [7, 11) is -3.65. The van der Waals surface area contributed by atoms with Crippen molar-refractivity contribution in [2.24, 2.45) is 5.16 Å².